The summed E-state index contributed by atoms with van der Waals surface area (Å²) >= 11 is 0. The lowest BCUT2D eigenvalue weighted by Crippen LogP contribution is -2.33. The van der Waals surface area contributed by atoms with Crippen molar-refractivity contribution < 1.29 is 31.9 Å². The first-order chi connectivity index (χ1) is 17.9. The van der Waals surface area contributed by atoms with Crippen molar-refractivity contribution in [1.82, 2.24) is 24.7 Å². The topological polar surface area (TPSA) is 96.8 Å². The van der Waals surface area contributed by atoms with E-state index in [1.54, 1.807) is 19.1 Å². The van der Waals surface area contributed by atoms with Crippen molar-refractivity contribution >= 4 is 16.6 Å². The average molecular weight is 511 g/mol. The quantitative estimate of drug-likeness (QED) is 0.333. The van der Waals surface area contributed by atoms with Crippen molar-refractivity contribution in [3.05, 3.63) is 71.7 Å². The Hall–Kier alpha value is -4.03. The Morgan fingerprint density at radius 2 is 2.03 bits per heavy atom. The van der Waals surface area contributed by atoms with E-state index in [1.165, 1.54) is 30.6 Å². The van der Waals surface area contributed by atoms with Crippen LogP contribution >= 0.6 is 0 Å². The highest BCUT2D eigenvalue weighted by molar-refractivity contribution is 5.80. The molecule has 6 rings (SSSR count). The third-order valence-electron chi connectivity index (χ3n) is 5.99. The van der Waals surface area contributed by atoms with Gasteiger partial charge in [-0.25, -0.2) is 4.39 Å². The van der Waals surface area contributed by atoms with Crippen LogP contribution < -0.4 is 4.74 Å². The van der Waals surface area contributed by atoms with Gasteiger partial charge in [0.2, 0.25) is 5.82 Å². The molecular weight excluding hydrogens is 491 g/mol. The van der Waals surface area contributed by atoms with Crippen LogP contribution in [0.25, 0.3) is 27.9 Å². The van der Waals surface area contributed by atoms with Crippen LogP contribution in [0, 0.1) is 12.7 Å². The number of hydrogen-bond donors (Lipinski definition) is 0. The predicted octanol–water partition coefficient (Wildman–Crippen LogP) is 4.31. The molecule has 1 fully saturated rings. The van der Waals surface area contributed by atoms with Crippen molar-refractivity contribution in [3.63, 3.8) is 0 Å². The maximum absolute atomic E-state index is 15.8. The zero-order chi connectivity index (χ0) is 25.6. The van der Waals surface area contributed by atoms with Gasteiger partial charge >= 0.3 is 5.92 Å². The van der Waals surface area contributed by atoms with Crippen LogP contribution in [0.2, 0.25) is 0 Å². The molecule has 1 atom stereocenters. The number of aryl methyl sites for hydroxylation is 1. The number of nitrogens with zero attached hydrogens (tertiary/aromatic N) is 5. The van der Waals surface area contributed by atoms with Crippen molar-refractivity contribution in [2.45, 2.75) is 19.0 Å². The normalized spacial score (nSPS) is 16.5. The Balaban J connectivity index is 1.34. The predicted molar refractivity (Wildman–Crippen MR) is 124 cm³/mol. The Morgan fingerprint density at radius 3 is 2.81 bits per heavy atom. The fraction of sp³-hybridized carbons (Fsp3) is 0.280. The van der Waals surface area contributed by atoms with Crippen LogP contribution in [0.3, 0.4) is 0 Å². The zero-order valence-corrected chi connectivity index (χ0v) is 19.5. The number of hydrogen-bond acceptors (Lipinski definition) is 8. The van der Waals surface area contributed by atoms with E-state index in [-0.39, 0.29) is 35.2 Å². The van der Waals surface area contributed by atoms with E-state index in [0.29, 0.717) is 42.2 Å². The molecule has 0 radical (unpaired) electrons. The van der Waals surface area contributed by atoms with Gasteiger partial charge in [-0.15, -0.1) is 10.2 Å². The van der Waals surface area contributed by atoms with Gasteiger partial charge in [0.25, 0.3) is 0 Å². The molecular formula is C25H20F3N5O4. The fourth-order valence-corrected chi connectivity index (χ4v) is 4.14. The van der Waals surface area contributed by atoms with Gasteiger partial charge in [-0.2, -0.15) is 8.78 Å². The minimum absolute atomic E-state index is 0.215. The third kappa shape index (κ3) is 4.38. The van der Waals surface area contributed by atoms with E-state index in [1.807, 2.05) is 0 Å². The smallest absolute Gasteiger partial charge is 0.332 e. The summed E-state index contributed by atoms with van der Waals surface area (Å²) in [5.41, 5.74) is 0.599. The summed E-state index contributed by atoms with van der Waals surface area (Å²) < 4.78 is 69.0. The first kappa shape index (κ1) is 23.4. The molecule has 4 aromatic heterocycles. The zero-order valence-electron chi connectivity index (χ0n) is 19.5. The number of ether oxygens (including phenoxy) is 3. The highest BCUT2D eigenvalue weighted by atomic mass is 19.3. The lowest BCUT2D eigenvalue weighted by molar-refractivity contribution is -0.101. The summed E-state index contributed by atoms with van der Waals surface area (Å²) in [6.07, 6.45) is 2.60. The second-order valence-corrected chi connectivity index (χ2v) is 8.66. The molecule has 0 amide bonds. The van der Waals surface area contributed by atoms with Gasteiger partial charge < -0.3 is 18.7 Å². The summed E-state index contributed by atoms with van der Waals surface area (Å²) in [5.74, 6) is -4.54. The maximum atomic E-state index is 15.8. The Morgan fingerprint density at radius 1 is 1.14 bits per heavy atom. The molecule has 5 heterocycles. The van der Waals surface area contributed by atoms with Crippen molar-refractivity contribution in [2.75, 3.05) is 26.4 Å². The second kappa shape index (κ2) is 9.12. The number of aromatic nitrogens is 5. The summed E-state index contributed by atoms with van der Waals surface area (Å²) in [6, 6.07) is 8.37. The standard InChI is InChI=1S/C25H20F3N5O4/c1-14-6-22(37-32-14)16-9-20(26)23-30-31-24(33(23)11-16)25(27,28)17-2-3-21-15(7-17)8-18(10-29-21)36-13-19-12-34-4-5-35-19/h2-3,6-11,19H,4-5,12-13H2,1H3. The Bertz CT molecular complexity index is 1600. The number of pyridine rings is 2. The van der Waals surface area contributed by atoms with Gasteiger partial charge in [0.15, 0.2) is 17.2 Å². The Labute approximate surface area is 207 Å². The fourth-order valence-electron chi connectivity index (χ4n) is 4.14. The van der Waals surface area contributed by atoms with E-state index in [2.05, 4.69) is 20.3 Å². The first-order valence-electron chi connectivity index (χ1n) is 11.5. The summed E-state index contributed by atoms with van der Waals surface area (Å²) in [4.78, 5) is 4.30. The lowest BCUT2D eigenvalue weighted by atomic mass is 10.0. The molecule has 9 nitrogen and oxygen atoms in total. The van der Waals surface area contributed by atoms with Crippen molar-refractivity contribution in [1.29, 1.82) is 0 Å². The number of rotatable bonds is 6. The number of fused-ring (bicyclic) bond motifs is 2. The van der Waals surface area contributed by atoms with Crippen LogP contribution in [0.5, 0.6) is 5.75 Å². The third-order valence-corrected chi connectivity index (χ3v) is 5.99. The van der Waals surface area contributed by atoms with Gasteiger partial charge in [-0.3, -0.25) is 9.38 Å². The van der Waals surface area contributed by atoms with E-state index in [4.69, 9.17) is 18.7 Å². The number of alkyl halides is 2. The van der Waals surface area contributed by atoms with Crippen LogP contribution in [0.4, 0.5) is 13.2 Å². The summed E-state index contributed by atoms with van der Waals surface area (Å²) in [7, 11) is 0. The van der Waals surface area contributed by atoms with Gasteiger partial charge in [0, 0.05) is 28.8 Å². The molecule has 0 N–H and O–H groups in total. The minimum atomic E-state index is -3.61. The van der Waals surface area contributed by atoms with Crippen LogP contribution in [0.15, 0.2) is 53.3 Å². The molecule has 1 saturated heterocycles. The lowest BCUT2D eigenvalue weighted by Gasteiger charge is -2.22. The maximum Gasteiger partial charge on any atom is 0.332 e. The number of halogens is 3. The molecule has 1 aromatic carbocycles. The van der Waals surface area contributed by atoms with Gasteiger partial charge in [-0.1, -0.05) is 11.2 Å². The molecule has 12 heteroatoms. The minimum Gasteiger partial charge on any atom is -0.489 e. The molecule has 1 aliphatic heterocycles. The Kier molecular flexibility index (Phi) is 5.76. The second-order valence-electron chi connectivity index (χ2n) is 8.66. The van der Waals surface area contributed by atoms with E-state index in [0.717, 1.165) is 10.5 Å². The first-order valence-corrected chi connectivity index (χ1v) is 11.5. The molecule has 0 saturated carbocycles. The van der Waals surface area contributed by atoms with E-state index < -0.39 is 17.6 Å². The molecule has 0 aliphatic carbocycles. The van der Waals surface area contributed by atoms with E-state index >= 15 is 8.78 Å². The molecule has 37 heavy (non-hydrogen) atoms. The van der Waals surface area contributed by atoms with Crippen molar-refractivity contribution in [2.24, 2.45) is 0 Å². The SMILES string of the molecule is Cc1cc(-c2cc(F)c3nnc(C(F)(F)c4ccc5ncc(OCC6COCCO6)cc5c4)n3c2)on1. The van der Waals surface area contributed by atoms with E-state index in [9.17, 15) is 4.39 Å². The average Bonchev–Trinajstić information content (AvgIpc) is 3.54. The molecule has 190 valence electrons. The number of benzene rings is 1. The molecule has 0 bridgehead atoms. The van der Waals surface area contributed by atoms with Gasteiger partial charge in [0.1, 0.15) is 18.5 Å². The molecule has 0 spiro atoms. The van der Waals surface area contributed by atoms with Crippen molar-refractivity contribution in [3.8, 4) is 17.1 Å². The molecule has 1 aliphatic rings. The highest BCUT2D eigenvalue weighted by Gasteiger charge is 2.40. The molecule has 1 unspecified atom stereocenters. The van der Waals surface area contributed by atoms with Gasteiger partial charge in [-0.05, 0) is 31.2 Å². The van der Waals surface area contributed by atoms with Crippen LogP contribution in [-0.4, -0.2) is 57.3 Å². The van der Waals surface area contributed by atoms with Crippen LogP contribution in [-0.2, 0) is 15.4 Å². The highest BCUT2D eigenvalue weighted by Crippen LogP contribution is 2.37. The summed E-state index contributed by atoms with van der Waals surface area (Å²) in [6.45, 7) is 3.39. The summed E-state index contributed by atoms with van der Waals surface area (Å²) in [5, 5.41) is 11.5. The van der Waals surface area contributed by atoms with Crippen LogP contribution in [0.1, 0.15) is 17.1 Å². The molecule has 5 aromatic rings. The van der Waals surface area contributed by atoms with Gasteiger partial charge in [0.05, 0.1) is 37.2 Å². The largest absolute Gasteiger partial charge is 0.489 e. The monoisotopic (exact) mass is 511 g/mol.